The fourth-order valence-electron chi connectivity index (χ4n) is 2.06. The number of hydrogen-bond acceptors (Lipinski definition) is 5. The first-order valence-electron chi connectivity index (χ1n) is 7.81. The third-order valence-electron chi connectivity index (χ3n) is 3.21. The predicted octanol–water partition coefficient (Wildman–Crippen LogP) is 3.18. The number of nitrogens with one attached hydrogen (secondary N) is 2. The van der Waals surface area contributed by atoms with Crippen LogP contribution in [0.25, 0.3) is 0 Å². The minimum Gasteiger partial charge on any atom is -0.479 e. The van der Waals surface area contributed by atoms with Crippen LogP contribution in [-0.4, -0.2) is 35.7 Å². The molecule has 2 amide bonds. The highest BCUT2D eigenvalue weighted by atomic mass is 35.5. The summed E-state index contributed by atoms with van der Waals surface area (Å²) in [6, 6.07) is 9.19. The Morgan fingerprint density at radius 3 is 2.29 bits per heavy atom. The number of rotatable bonds is 7. The van der Waals surface area contributed by atoms with E-state index < -0.39 is 18.5 Å². The van der Waals surface area contributed by atoms with Crippen molar-refractivity contribution >= 4 is 52.9 Å². The van der Waals surface area contributed by atoms with E-state index in [-0.39, 0.29) is 21.7 Å². The molecule has 0 bridgehead atoms. The monoisotopic (exact) mass is 423 g/mol. The largest absolute Gasteiger partial charge is 0.479 e. The molecule has 0 saturated heterocycles. The van der Waals surface area contributed by atoms with Gasteiger partial charge in [-0.05, 0) is 42.0 Å². The van der Waals surface area contributed by atoms with Crippen LogP contribution in [-0.2, 0) is 9.59 Å². The normalized spacial score (nSPS) is 10.5. The molecule has 0 unspecified atom stereocenters. The molecule has 0 aliphatic rings. The van der Waals surface area contributed by atoms with E-state index in [0.29, 0.717) is 16.8 Å². The van der Waals surface area contributed by atoms with Gasteiger partial charge >= 0.3 is 5.97 Å². The number of amides is 2. The van der Waals surface area contributed by atoms with Crippen molar-refractivity contribution < 1.29 is 24.2 Å². The van der Waals surface area contributed by atoms with Gasteiger partial charge in [0.1, 0.15) is 0 Å². The second kappa shape index (κ2) is 9.72. The van der Waals surface area contributed by atoms with Crippen molar-refractivity contribution in [1.82, 2.24) is 5.43 Å². The van der Waals surface area contributed by atoms with Gasteiger partial charge < -0.3 is 15.2 Å². The van der Waals surface area contributed by atoms with Crippen molar-refractivity contribution in [2.45, 2.75) is 6.92 Å². The summed E-state index contributed by atoms with van der Waals surface area (Å²) in [5.74, 6) is -1.78. The summed E-state index contributed by atoms with van der Waals surface area (Å²) in [5, 5.41) is 15.3. The molecule has 0 atom stereocenters. The fraction of sp³-hybridized carbons (Fsp3) is 0.111. The van der Waals surface area contributed by atoms with Crippen LogP contribution in [0.15, 0.2) is 41.5 Å². The zero-order chi connectivity index (χ0) is 20.7. The van der Waals surface area contributed by atoms with E-state index in [1.54, 1.807) is 24.3 Å². The second-order valence-electron chi connectivity index (χ2n) is 5.45. The van der Waals surface area contributed by atoms with Gasteiger partial charge in [-0.2, -0.15) is 5.10 Å². The lowest BCUT2D eigenvalue weighted by atomic mass is 10.2. The van der Waals surface area contributed by atoms with E-state index in [1.807, 2.05) is 0 Å². The first kappa shape index (κ1) is 21.2. The minimum absolute atomic E-state index is 0.0474. The lowest BCUT2D eigenvalue weighted by Crippen LogP contribution is -2.17. The number of nitrogens with zero attached hydrogens (tertiary/aromatic N) is 1. The number of halogens is 2. The fourth-order valence-corrected chi connectivity index (χ4v) is 2.68. The summed E-state index contributed by atoms with van der Waals surface area (Å²) >= 11 is 12.0. The van der Waals surface area contributed by atoms with Gasteiger partial charge in [0.2, 0.25) is 5.91 Å². The summed E-state index contributed by atoms with van der Waals surface area (Å²) in [4.78, 5) is 33.6. The van der Waals surface area contributed by atoms with Crippen molar-refractivity contribution in [3.05, 3.63) is 57.6 Å². The van der Waals surface area contributed by atoms with Crippen molar-refractivity contribution in [1.29, 1.82) is 0 Å². The number of hydrazone groups is 1. The average molecular weight is 424 g/mol. The van der Waals surface area contributed by atoms with Gasteiger partial charge in [0, 0.05) is 18.2 Å². The van der Waals surface area contributed by atoms with Gasteiger partial charge in [0.05, 0.1) is 16.3 Å². The molecular weight excluding hydrogens is 409 g/mol. The van der Waals surface area contributed by atoms with Gasteiger partial charge in [-0.1, -0.05) is 23.2 Å². The summed E-state index contributed by atoms with van der Waals surface area (Å²) in [6.07, 6.45) is 1.32. The van der Waals surface area contributed by atoms with Crippen LogP contribution in [0, 0.1) is 0 Å². The molecule has 0 spiro atoms. The number of carboxylic acids is 1. The first-order valence-corrected chi connectivity index (χ1v) is 8.56. The Morgan fingerprint density at radius 1 is 1.14 bits per heavy atom. The molecular formula is C18H15Cl2N3O5. The number of benzene rings is 2. The Bertz CT molecular complexity index is 906. The van der Waals surface area contributed by atoms with Gasteiger partial charge in [0.15, 0.2) is 12.4 Å². The molecule has 0 aliphatic heterocycles. The van der Waals surface area contributed by atoms with E-state index in [4.69, 9.17) is 33.0 Å². The van der Waals surface area contributed by atoms with Crippen molar-refractivity contribution in [3.63, 3.8) is 0 Å². The average Bonchev–Trinajstić information content (AvgIpc) is 2.60. The van der Waals surface area contributed by atoms with Gasteiger partial charge in [-0.3, -0.25) is 9.59 Å². The number of carbonyl (C=O) groups excluding carboxylic acids is 2. The second-order valence-corrected chi connectivity index (χ2v) is 6.27. The van der Waals surface area contributed by atoms with Crippen LogP contribution in [0.5, 0.6) is 5.75 Å². The molecule has 0 aliphatic carbocycles. The van der Waals surface area contributed by atoms with E-state index in [2.05, 4.69) is 15.8 Å². The van der Waals surface area contributed by atoms with Crippen LogP contribution in [0.2, 0.25) is 10.0 Å². The predicted molar refractivity (Wildman–Crippen MR) is 105 cm³/mol. The summed E-state index contributed by atoms with van der Waals surface area (Å²) in [7, 11) is 0. The number of carboxylic acid groups (broad SMARTS) is 1. The van der Waals surface area contributed by atoms with E-state index in [0.717, 1.165) is 0 Å². The lowest BCUT2D eigenvalue weighted by molar-refractivity contribution is -0.139. The van der Waals surface area contributed by atoms with E-state index in [1.165, 1.54) is 25.3 Å². The summed E-state index contributed by atoms with van der Waals surface area (Å²) in [5.41, 5.74) is 3.74. The maximum Gasteiger partial charge on any atom is 0.341 e. The molecule has 28 heavy (non-hydrogen) atoms. The molecule has 146 valence electrons. The highest BCUT2D eigenvalue weighted by Crippen LogP contribution is 2.33. The molecule has 0 heterocycles. The molecule has 2 aromatic rings. The summed E-state index contributed by atoms with van der Waals surface area (Å²) in [6.45, 7) is 0.808. The van der Waals surface area contributed by atoms with Crippen LogP contribution in [0.3, 0.4) is 0 Å². The Morgan fingerprint density at radius 2 is 1.75 bits per heavy atom. The quantitative estimate of drug-likeness (QED) is 0.466. The van der Waals surface area contributed by atoms with Crippen molar-refractivity contribution in [2.24, 2.45) is 5.10 Å². The highest BCUT2D eigenvalue weighted by Gasteiger charge is 2.11. The van der Waals surface area contributed by atoms with E-state index >= 15 is 0 Å². The number of carbonyl (C=O) groups is 3. The van der Waals surface area contributed by atoms with Crippen LogP contribution >= 0.6 is 23.2 Å². The molecule has 0 fully saturated rings. The molecule has 0 aromatic heterocycles. The van der Waals surface area contributed by atoms with Gasteiger partial charge in [-0.25, -0.2) is 10.2 Å². The molecule has 3 N–H and O–H groups in total. The lowest BCUT2D eigenvalue weighted by Gasteiger charge is -2.08. The molecule has 0 radical (unpaired) electrons. The molecule has 2 aromatic carbocycles. The SMILES string of the molecule is CC(=O)Nc1ccc(C(=O)NN=Cc2cc(Cl)c(OCC(=O)O)c(Cl)c2)cc1. The van der Waals surface area contributed by atoms with Gasteiger partial charge in [-0.15, -0.1) is 0 Å². The van der Waals surface area contributed by atoms with Crippen LogP contribution < -0.4 is 15.5 Å². The highest BCUT2D eigenvalue weighted by molar-refractivity contribution is 6.37. The number of anilines is 1. The number of hydrogen-bond donors (Lipinski definition) is 3. The molecule has 8 nitrogen and oxygen atoms in total. The topological polar surface area (TPSA) is 117 Å². The zero-order valence-corrected chi connectivity index (χ0v) is 16.0. The Balaban J connectivity index is 2.01. The Labute approximate surface area is 170 Å². The third kappa shape index (κ3) is 6.26. The Kier molecular flexibility index (Phi) is 7.36. The Hall–Kier alpha value is -3.10. The molecule has 2 rings (SSSR count). The van der Waals surface area contributed by atoms with Crippen molar-refractivity contribution in [2.75, 3.05) is 11.9 Å². The number of ether oxygens (including phenoxy) is 1. The minimum atomic E-state index is -1.16. The maximum atomic E-state index is 12.1. The third-order valence-corrected chi connectivity index (χ3v) is 3.77. The van der Waals surface area contributed by atoms with Gasteiger partial charge in [0.25, 0.3) is 5.91 Å². The smallest absolute Gasteiger partial charge is 0.341 e. The van der Waals surface area contributed by atoms with Crippen LogP contribution in [0.1, 0.15) is 22.8 Å². The first-order chi connectivity index (χ1) is 13.3. The number of aliphatic carboxylic acids is 1. The van der Waals surface area contributed by atoms with Crippen molar-refractivity contribution in [3.8, 4) is 5.75 Å². The molecule has 10 heteroatoms. The molecule has 0 saturated carbocycles. The zero-order valence-electron chi connectivity index (χ0n) is 14.5. The maximum absolute atomic E-state index is 12.1. The van der Waals surface area contributed by atoms with E-state index in [9.17, 15) is 14.4 Å². The summed E-state index contributed by atoms with van der Waals surface area (Å²) < 4.78 is 5.01. The van der Waals surface area contributed by atoms with Crippen LogP contribution in [0.4, 0.5) is 5.69 Å². The standard InChI is InChI=1S/C18H15Cl2N3O5/c1-10(24)22-13-4-2-12(3-5-13)18(27)23-21-8-11-6-14(19)17(15(20)7-11)28-9-16(25)26/h2-8H,9H2,1H3,(H,22,24)(H,23,27)(H,25,26).